The molecule has 0 aliphatic heterocycles. The zero-order valence-electron chi connectivity index (χ0n) is 16.7. The van der Waals surface area contributed by atoms with E-state index in [2.05, 4.69) is 25.7 Å². The van der Waals surface area contributed by atoms with Gasteiger partial charge in [-0.3, -0.25) is 15.0 Å². The second-order valence-corrected chi connectivity index (χ2v) is 7.85. The Bertz CT molecular complexity index is 1200. The zero-order chi connectivity index (χ0) is 21.1. The van der Waals surface area contributed by atoms with Crippen LogP contribution in [-0.4, -0.2) is 25.8 Å². The number of carbonyl (C=O) groups excluding carboxylic acids is 1. The molecule has 4 rings (SSSR count). The number of nitrogens with zero attached hydrogens (tertiary/aromatic N) is 4. The maximum absolute atomic E-state index is 12.3. The normalized spacial score (nSPS) is 10.6. The number of aryl methyl sites for hydroxylation is 3. The molecule has 8 nitrogen and oxygen atoms in total. The van der Waals surface area contributed by atoms with Crippen molar-refractivity contribution < 1.29 is 9.53 Å². The van der Waals surface area contributed by atoms with Gasteiger partial charge >= 0.3 is 6.09 Å². The number of hydrogen-bond donors (Lipinski definition) is 2. The maximum atomic E-state index is 12.3. The van der Waals surface area contributed by atoms with Gasteiger partial charge in [-0.15, -0.1) is 0 Å². The lowest BCUT2D eigenvalue weighted by Gasteiger charge is -2.09. The van der Waals surface area contributed by atoms with E-state index in [0.29, 0.717) is 10.7 Å². The van der Waals surface area contributed by atoms with Gasteiger partial charge in [0, 0.05) is 42.1 Å². The van der Waals surface area contributed by atoms with Gasteiger partial charge in [0.2, 0.25) is 0 Å². The summed E-state index contributed by atoms with van der Waals surface area (Å²) in [4.78, 5) is 20.8. The van der Waals surface area contributed by atoms with Crippen LogP contribution >= 0.6 is 11.3 Å². The highest BCUT2D eigenvalue weighted by Crippen LogP contribution is 2.34. The molecule has 3 aromatic heterocycles. The molecule has 0 spiro atoms. The largest absolute Gasteiger partial charge is 0.418 e. The smallest absolute Gasteiger partial charge is 0.388 e. The summed E-state index contributed by atoms with van der Waals surface area (Å²) in [6.45, 7) is 3.71. The number of anilines is 3. The molecule has 0 unspecified atom stereocenters. The number of benzene rings is 1. The minimum absolute atomic E-state index is 0.226. The molecule has 3 heterocycles. The molecule has 9 heteroatoms. The van der Waals surface area contributed by atoms with E-state index in [4.69, 9.17) is 4.74 Å². The van der Waals surface area contributed by atoms with Crippen LogP contribution in [0.2, 0.25) is 0 Å². The quantitative estimate of drug-likeness (QED) is 0.476. The molecule has 0 aliphatic rings. The lowest BCUT2D eigenvalue weighted by Crippen LogP contribution is -2.17. The molecular weight excluding hydrogens is 400 g/mol. The van der Waals surface area contributed by atoms with Gasteiger partial charge in [-0.1, -0.05) is 23.5 Å². The lowest BCUT2D eigenvalue weighted by molar-refractivity contribution is 0.214. The maximum Gasteiger partial charge on any atom is 0.418 e. The van der Waals surface area contributed by atoms with Gasteiger partial charge in [0.1, 0.15) is 0 Å². The highest BCUT2D eigenvalue weighted by Gasteiger charge is 2.16. The third kappa shape index (κ3) is 4.64. The number of thiazole rings is 1. The van der Waals surface area contributed by atoms with Crippen molar-refractivity contribution in [3.05, 3.63) is 65.6 Å². The molecule has 4 aromatic rings. The van der Waals surface area contributed by atoms with E-state index in [9.17, 15) is 4.79 Å². The van der Waals surface area contributed by atoms with Crippen molar-refractivity contribution in [1.82, 2.24) is 19.7 Å². The predicted octanol–water partition coefficient (Wildman–Crippen LogP) is 4.91. The Morgan fingerprint density at radius 2 is 2.00 bits per heavy atom. The second kappa shape index (κ2) is 8.34. The Hall–Kier alpha value is -3.72. The van der Waals surface area contributed by atoms with E-state index in [1.165, 1.54) is 11.3 Å². The van der Waals surface area contributed by atoms with Gasteiger partial charge in [-0.05, 0) is 44.2 Å². The van der Waals surface area contributed by atoms with Crippen LogP contribution in [0.4, 0.5) is 21.2 Å². The van der Waals surface area contributed by atoms with Crippen molar-refractivity contribution in [2.75, 3.05) is 10.6 Å². The first kappa shape index (κ1) is 19.6. The summed E-state index contributed by atoms with van der Waals surface area (Å²) in [5.74, 6) is 0.226. The Morgan fingerprint density at radius 1 is 1.13 bits per heavy atom. The first-order valence-corrected chi connectivity index (χ1v) is 10.0. The molecule has 30 heavy (non-hydrogen) atoms. The molecule has 0 saturated carbocycles. The van der Waals surface area contributed by atoms with E-state index in [-0.39, 0.29) is 5.88 Å². The average molecular weight is 420 g/mol. The highest BCUT2D eigenvalue weighted by molar-refractivity contribution is 7.16. The van der Waals surface area contributed by atoms with Gasteiger partial charge < -0.3 is 10.1 Å². The van der Waals surface area contributed by atoms with Gasteiger partial charge in [0.25, 0.3) is 5.88 Å². The Kier molecular flexibility index (Phi) is 5.44. The van der Waals surface area contributed by atoms with Crippen LogP contribution < -0.4 is 15.4 Å². The summed E-state index contributed by atoms with van der Waals surface area (Å²) in [7, 11) is 1.88. The Balaban J connectivity index is 1.50. The lowest BCUT2D eigenvalue weighted by atomic mass is 10.1. The number of pyridine rings is 1. The van der Waals surface area contributed by atoms with Crippen LogP contribution in [0.15, 0.2) is 54.9 Å². The molecule has 152 valence electrons. The van der Waals surface area contributed by atoms with E-state index in [1.54, 1.807) is 23.0 Å². The Morgan fingerprint density at radius 3 is 2.77 bits per heavy atom. The number of nitrogens with one attached hydrogen (secondary N) is 2. The van der Waals surface area contributed by atoms with Crippen molar-refractivity contribution in [1.29, 1.82) is 0 Å². The SMILES string of the molecule is Cc1cc(NC(=O)Oc2nc(C)sc2Nc2cccc(-c3ccn(C)n3)c2)ccn1. The number of aromatic nitrogens is 4. The van der Waals surface area contributed by atoms with Crippen molar-refractivity contribution in [3.63, 3.8) is 0 Å². The molecule has 0 radical (unpaired) electrons. The fraction of sp³-hybridized carbons (Fsp3) is 0.143. The summed E-state index contributed by atoms with van der Waals surface area (Å²) >= 11 is 1.41. The van der Waals surface area contributed by atoms with Crippen molar-refractivity contribution in [3.8, 4) is 17.1 Å². The number of hydrogen-bond acceptors (Lipinski definition) is 7. The van der Waals surface area contributed by atoms with Gasteiger partial charge in [0.15, 0.2) is 5.00 Å². The monoisotopic (exact) mass is 420 g/mol. The number of carbonyl (C=O) groups is 1. The molecule has 0 fully saturated rings. The summed E-state index contributed by atoms with van der Waals surface area (Å²) in [6.07, 6.45) is 2.91. The first-order valence-electron chi connectivity index (χ1n) is 9.22. The summed E-state index contributed by atoms with van der Waals surface area (Å²) < 4.78 is 7.21. The standard InChI is InChI=1S/C21H20N6O2S/c1-13-11-17(7-9-22-13)25-21(28)29-19-20(30-14(2)23-19)24-16-6-4-5-15(12-16)18-8-10-27(3)26-18/h4-12,24H,1-3H3,(H,22,25,28). The van der Waals surface area contributed by atoms with Crippen molar-refractivity contribution >= 4 is 33.8 Å². The number of rotatable bonds is 5. The molecule has 0 saturated heterocycles. The second-order valence-electron chi connectivity index (χ2n) is 6.65. The molecular formula is C21H20N6O2S. The average Bonchev–Trinajstić information content (AvgIpc) is 3.27. The molecule has 2 N–H and O–H groups in total. The minimum atomic E-state index is -0.615. The van der Waals surface area contributed by atoms with Gasteiger partial charge in [0.05, 0.1) is 10.7 Å². The molecule has 0 aliphatic carbocycles. The fourth-order valence-electron chi connectivity index (χ4n) is 2.87. The topological polar surface area (TPSA) is 94.0 Å². The number of ether oxygens (including phenoxy) is 1. The van der Waals surface area contributed by atoms with Crippen LogP contribution in [-0.2, 0) is 7.05 Å². The highest BCUT2D eigenvalue weighted by atomic mass is 32.1. The Labute approximate surface area is 177 Å². The zero-order valence-corrected chi connectivity index (χ0v) is 17.5. The molecule has 1 amide bonds. The van der Waals surface area contributed by atoms with Gasteiger partial charge in [-0.2, -0.15) is 5.10 Å². The molecule has 1 aromatic carbocycles. The first-order chi connectivity index (χ1) is 14.5. The summed E-state index contributed by atoms with van der Waals surface area (Å²) in [5.41, 5.74) is 4.11. The minimum Gasteiger partial charge on any atom is -0.388 e. The van der Waals surface area contributed by atoms with Crippen LogP contribution in [0.3, 0.4) is 0 Å². The van der Waals surface area contributed by atoms with Crippen LogP contribution in [0.25, 0.3) is 11.3 Å². The third-order valence-electron chi connectivity index (χ3n) is 4.17. The van der Waals surface area contributed by atoms with Gasteiger partial charge in [-0.25, -0.2) is 9.78 Å². The summed E-state index contributed by atoms with van der Waals surface area (Å²) in [5, 5.41) is 11.8. The molecule has 0 bridgehead atoms. The van der Waals surface area contributed by atoms with Crippen LogP contribution in [0.5, 0.6) is 5.88 Å². The van der Waals surface area contributed by atoms with Crippen molar-refractivity contribution in [2.24, 2.45) is 7.05 Å². The summed E-state index contributed by atoms with van der Waals surface area (Å²) in [6, 6.07) is 13.3. The van der Waals surface area contributed by atoms with Crippen LogP contribution in [0.1, 0.15) is 10.7 Å². The van der Waals surface area contributed by atoms with E-state index in [0.717, 1.165) is 27.6 Å². The van der Waals surface area contributed by atoms with Crippen LogP contribution in [0, 0.1) is 13.8 Å². The van der Waals surface area contributed by atoms with E-state index in [1.807, 2.05) is 57.4 Å². The number of amides is 1. The molecule has 0 atom stereocenters. The van der Waals surface area contributed by atoms with E-state index >= 15 is 0 Å². The predicted molar refractivity (Wildman–Crippen MR) is 117 cm³/mol. The van der Waals surface area contributed by atoms with Crippen molar-refractivity contribution in [2.45, 2.75) is 13.8 Å². The third-order valence-corrected chi connectivity index (χ3v) is 5.03. The van der Waals surface area contributed by atoms with E-state index < -0.39 is 6.09 Å². The fourth-order valence-corrected chi connectivity index (χ4v) is 3.63.